The number of hydrogen-bond acceptors (Lipinski definition) is 3. The zero-order chi connectivity index (χ0) is 13.7. The van der Waals surface area contributed by atoms with E-state index in [-0.39, 0.29) is 5.91 Å². The molecule has 2 aromatic carbocycles. The third-order valence-electron chi connectivity index (χ3n) is 2.79. The van der Waals surface area contributed by atoms with E-state index in [2.05, 4.69) is 10.9 Å². The van der Waals surface area contributed by atoms with Gasteiger partial charge in [0.15, 0.2) is 6.10 Å². The van der Waals surface area contributed by atoms with Crippen LogP contribution in [-0.2, 0) is 4.79 Å². The van der Waals surface area contributed by atoms with E-state index in [1.54, 1.807) is 6.92 Å². The number of ether oxygens (including phenoxy) is 1. The molecule has 0 aliphatic rings. The van der Waals surface area contributed by atoms with Crippen molar-refractivity contribution < 1.29 is 9.53 Å². The number of rotatable bonds is 5. The summed E-state index contributed by atoms with van der Waals surface area (Å²) in [7, 11) is 0. The zero-order valence-electron chi connectivity index (χ0n) is 11.1. The van der Waals surface area contributed by atoms with Crippen molar-refractivity contribution >= 4 is 16.7 Å². The van der Waals surface area contributed by atoms with Crippen LogP contribution >= 0.6 is 0 Å². The van der Waals surface area contributed by atoms with Gasteiger partial charge in [0.2, 0.25) is 0 Å². The molecule has 0 bridgehead atoms. The van der Waals surface area contributed by atoms with E-state index >= 15 is 0 Å². The second-order valence-corrected chi connectivity index (χ2v) is 4.29. The van der Waals surface area contributed by atoms with Crippen molar-refractivity contribution in [3.05, 3.63) is 42.5 Å². The van der Waals surface area contributed by atoms with Gasteiger partial charge in [-0.25, -0.2) is 5.43 Å². The largest absolute Gasteiger partial charge is 0.481 e. The van der Waals surface area contributed by atoms with Crippen molar-refractivity contribution in [3.63, 3.8) is 0 Å². The Morgan fingerprint density at radius 2 is 1.95 bits per heavy atom. The molecule has 0 aliphatic heterocycles. The molecule has 2 rings (SSSR count). The summed E-state index contributed by atoms with van der Waals surface area (Å²) in [6, 6.07) is 13.8. The van der Waals surface area contributed by atoms with Crippen molar-refractivity contribution in [3.8, 4) is 5.75 Å². The minimum atomic E-state index is -0.541. The molecule has 1 amide bonds. The first-order valence-corrected chi connectivity index (χ1v) is 6.39. The molecule has 4 heteroatoms. The number of benzene rings is 2. The molecule has 4 nitrogen and oxygen atoms in total. The molecule has 0 radical (unpaired) electrons. The van der Waals surface area contributed by atoms with Gasteiger partial charge in [0.25, 0.3) is 5.91 Å². The third kappa shape index (κ3) is 3.45. The van der Waals surface area contributed by atoms with Crippen LogP contribution in [0.15, 0.2) is 42.5 Å². The minimum Gasteiger partial charge on any atom is -0.481 e. The zero-order valence-corrected chi connectivity index (χ0v) is 11.1. The van der Waals surface area contributed by atoms with E-state index in [1.165, 1.54) is 0 Å². The van der Waals surface area contributed by atoms with Crippen LogP contribution in [0, 0.1) is 0 Å². The van der Waals surface area contributed by atoms with Gasteiger partial charge >= 0.3 is 0 Å². The minimum absolute atomic E-state index is 0.185. The predicted octanol–water partition coefficient (Wildman–Crippen LogP) is 2.25. The smallest absolute Gasteiger partial charge is 0.274 e. The third-order valence-corrected chi connectivity index (χ3v) is 2.79. The molecule has 2 aromatic rings. The SMILES string of the molecule is CCNNC(=O)C(C)Oc1ccc2ccccc2c1. The number of carbonyl (C=O) groups is 1. The Balaban J connectivity index is 2.06. The quantitative estimate of drug-likeness (QED) is 0.809. The highest BCUT2D eigenvalue weighted by Gasteiger charge is 2.13. The lowest BCUT2D eigenvalue weighted by molar-refractivity contribution is -0.128. The molecule has 0 saturated carbocycles. The lowest BCUT2D eigenvalue weighted by Gasteiger charge is -2.15. The van der Waals surface area contributed by atoms with Crippen molar-refractivity contribution in [2.45, 2.75) is 20.0 Å². The summed E-state index contributed by atoms with van der Waals surface area (Å²) in [5, 5.41) is 2.25. The van der Waals surface area contributed by atoms with Crippen LogP contribution in [0.25, 0.3) is 10.8 Å². The Hall–Kier alpha value is -2.07. The lowest BCUT2D eigenvalue weighted by Crippen LogP contribution is -2.44. The second kappa shape index (κ2) is 6.20. The Bertz CT molecular complexity index is 569. The van der Waals surface area contributed by atoms with Gasteiger partial charge in [0, 0.05) is 6.54 Å². The van der Waals surface area contributed by atoms with E-state index in [4.69, 9.17) is 4.74 Å². The summed E-state index contributed by atoms with van der Waals surface area (Å²) in [4.78, 5) is 11.7. The fraction of sp³-hybridized carbons (Fsp3) is 0.267. The van der Waals surface area contributed by atoms with Crippen molar-refractivity contribution in [1.82, 2.24) is 10.9 Å². The first-order valence-electron chi connectivity index (χ1n) is 6.39. The van der Waals surface area contributed by atoms with Gasteiger partial charge in [-0.1, -0.05) is 37.3 Å². The van der Waals surface area contributed by atoms with Gasteiger partial charge in [0.05, 0.1) is 0 Å². The van der Waals surface area contributed by atoms with Gasteiger partial charge < -0.3 is 4.74 Å². The number of nitrogens with one attached hydrogen (secondary N) is 2. The fourth-order valence-electron chi connectivity index (χ4n) is 1.78. The Kier molecular flexibility index (Phi) is 4.36. The summed E-state index contributed by atoms with van der Waals surface area (Å²) in [6.45, 7) is 4.31. The van der Waals surface area contributed by atoms with Gasteiger partial charge in [-0.15, -0.1) is 0 Å². The van der Waals surface area contributed by atoms with E-state index in [1.807, 2.05) is 49.4 Å². The van der Waals surface area contributed by atoms with Crippen LogP contribution in [-0.4, -0.2) is 18.6 Å². The van der Waals surface area contributed by atoms with Crippen molar-refractivity contribution in [2.75, 3.05) is 6.54 Å². The van der Waals surface area contributed by atoms with Crippen LogP contribution in [0.5, 0.6) is 5.75 Å². The number of amides is 1. The summed E-state index contributed by atoms with van der Waals surface area (Å²) >= 11 is 0. The monoisotopic (exact) mass is 258 g/mol. The molecule has 1 unspecified atom stereocenters. The molecule has 0 fully saturated rings. The topological polar surface area (TPSA) is 50.4 Å². The number of hydrogen-bond donors (Lipinski definition) is 2. The standard InChI is InChI=1S/C15H18N2O2/c1-3-16-17-15(18)11(2)19-14-9-8-12-6-4-5-7-13(12)10-14/h4-11,16H,3H2,1-2H3,(H,17,18). The number of hydrazine groups is 1. The molecule has 0 heterocycles. The Morgan fingerprint density at radius 1 is 1.21 bits per heavy atom. The molecule has 0 aromatic heterocycles. The molecular formula is C15H18N2O2. The lowest BCUT2D eigenvalue weighted by atomic mass is 10.1. The van der Waals surface area contributed by atoms with Crippen LogP contribution in [0.4, 0.5) is 0 Å². The second-order valence-electron chi connectivity index (χ2n) is 4.29. The van der Waals surface area contributed by atoms with Crippen LogP contribution in [0.2, 0.25) is 0 Å². The van der Waals surface area contributed by atoms with Gasteiger partial charge in [0.1, 0.15) is 5.75 Å². The van der Waals surface area contributed by atoms with Crippen molar-refractivity contribution in [1.29, 1.82) is 0 Å². The maximum Gasteiger partial charge on any atom is 0.274 e. The molecule has 0 spiro atoms. The Morgan fingerprint density at radius 3 is 2.68 bits per heavy atom. The first kappa shape index (κ1) is 13.4. The fourth-order valence-corrected chi connectivity index (χ4v) is 1.78. The van der Waals surface area contributed by atoms with Crippen LogP contribution < -0.4 is 15.6 Å². The van der Waals surface area contributed by atoms with E-state index < -0.39 is 6.10 Å². The normalized spacial score (nSPS) is 12.1. The highest BCUT2D eigenvalue weighted by Crippen LogP contribution is 2.21. The first-order chi connectivity index (χ1) is 9.20. The molecule has 100 valence electrons. The molecule has 19 heavy (non-hydrogen) atoms. The number of fused-ring (bicyclic) bond motifs is 1. The maximum atomic E-state index is 11.7. The predicted molar refractivity (Wildman–Crippen MR) is 75.9 cm³/mol. The molecule has 2 N–H and O–H groups in total. The van der Waals surface area contributed by atoms with Crippen molar-refractivity contribution in [2.24, 2.45) is 0 Å². The van der Waals surface area contributed by atoms with Gasteiger partial charge in [-0.05, 0) is 29.8 Å². The number of carbonyl (C=O) groups excluding carboxylic acids is 1. The maximum absolute atomic E-state index is 11.7. The summed E-state index contributed by atoms with van der Waals surface area (Å²) in [5.41, 5.74) is 5.34. The summed E-state index contributed by atoms with van der Waals surface area (Å²) < 4.78 is 5.63. The average molecular weight is 258 g/mol. The summed E-state index contributed by atoms with van der Waals surface area (Å²) in [5.74, 6) is 0.507. The van der Waals surface area contributed by atoms with Gasteiger partial charge in [-0.2, -0.15) is 0 Å². The average Bonchev–Trinajstić information content (AvgIpc) is 2.44. The van der Waals surface area contributed by atoms with E-state index in [0.29, 0.717) is 12.3 Å². The highest BCUT2D eigenvalue weighted by atomic mass is 16.5. The van der Waals surface area contributed by atoms with Gasteiger partial charge in [-0.3, -0.25) is 10.2 Å². The Labute approximate surface area is 112 Å². The highest BCUT2D eigenvalue weighted by molar-refractivity contribution is 5.84. The molecular weight excluding hydrogens is 240 g/mol. The van der Waals surface area contributed by atoms with Crippen LogP contribution in [0.3, 0.4) is 0 Å². The molecule has 1 atom stereocenters. The van der Waals surface area contributed by atoms with Crippen LogP contribution in [0.1, 0.15) is 13.8 Å². The summed E-state index contributed by atoms with van der Waals surface area (Å²) in [6.07, 6.45) is -0.541. The van der Waals surface area contributed by atoms with E-state index in [9.17, 15) is 4.79 Å². The van der Waals surface area contributed by atoms with E-state index in [0.717, 1.165) is 10.8 Å². The molecule has 0 saturated heterocycles. The molecule has 0 aliphatic carbocycles.